The Balaban J connectivity index is 1.74. The SMILES string of the molecule is COC(=O)c1cc2c(nc1C)C(N(C(=O)OC)[C@H]1CO[C@H]3[C@@H]1OC[C@H]3O)CCCC2. The van der Waals surface area contributed by atoms with E-state index < -0.39 is 36.4 Å². The molecule has 2 aliphatic heterocycles. The molecule has 5 atom stereocenters. The molecule has 3 heterocycles. The smallest absolute Gasteiger partial charge is 0.410 e. The zero-order chi connectivity index (χ0) is 21.4. The predicted octanol–water partition coefficient (Wildman–Crippen LogP) is 1.54. The van der Waals surface area contributed by atoms with Crippen molar-refractivity contribution in [3.05, 3.63) is 28.6 Å². The number of aliphatic hydroxyl groups excluding tert-OH is 1. The van der Waals surface area contributed by atoms with Crippen LogP contribution in [0.25, 0.3) is 0 Å². The summed E-state index contributed by atoms with van der Waals surface area (Å²) in [7, 11) is 2.70. The van der Waals surface area contributed by atoms with E-state index in [9.17, 15) is 14.7 Å². The number of fused-ring (bicyclic) bond motifs is 2. The van der Waals surface area contributed by atoms with Crippen LogP contribution in [0.5, 0.6) is 0 Å². The molecular weight excluding hydrogens is 392 g/mol. The number of rotatable bonds is 3. The number of amides is 1. The van der Waals surface area contributed by atoms with Gasteiger partial charge in [-0.3, -0.25) is 9.88 Å². The third-order valence-electron chi connectivity index (χ3n) is 6.30. The van der Waals surface area contributed by atoms with Crippen LogP contribution >= 0.6 is 0 Å². The van der Waals surface area contributed by atoms with Gasteiger partial charge in [0.2, 0.25) is 0 Å². The van der Waals surface area contributed by atoms with E-state index in [4.69, 9.17) is 23.9 Å². The summed E-state index contributed by atoms with van der Waals surface area (Å²) in [5, 5.41) is 10.1. The van der Waals surface area contributed by atoms with Crippen molar-refractivity contribution in [2.75, 3.05) is 27.4 Å². The number of carbonyl (C=O) groups excluding carboxylic acids is 2. The van der Waals surface area contributed by atoms with Gasteiger partial charge in [-0.1, -0.05) is 6.42 Å². The van der Waals surface area contributed by atoms with Crippen LogP contribution in [0, 0.1) is 6.92 Å². The molecule has 9 heteroatoms. The van der Waals surface area contributed by atoms with Gasteiger partial charge in [-0.05, 0) is 37.8 Å². The molecule has 2 saturated heterocycles. The molecule has 0 bridgehead atoms. The van der Waals surface area contributed by atoms with Crippen LogP contribution in [0.1, 0.15) is 52.6 Å². The van der Waals surface area contributed by atoms with Gasteiger partial charge >= 0.3 is 12.1 Å². The van der Waals surface area contributed by atoms with Gasteiger partial charge in [-0.2, -0.15) is 0 Å². The lowest BCUT2D eigenvalue weighted by Gasteiger charge is -2.36. The molecule has 0 radical (unpaired) electrons. The van der Waals surface area contributed by atoms with Crippen molar-refractivity contribution in [3.8, 4) is 0 Å². The van der Waals surface area contributed by atoms with E-state index in [1.165, 1.54) is 14.2 Å². The van der Waals surface area contributed by atoms with E-state index in [1.54, 1.807) is 11.8 Å². The number of hydrogen-bond donors (Lipinski definition) is 1. The highest BCUT2D eigenvalue weighted by atomic mass is 16.6. The third-order valence-corrected chi connectivity index (χ3v) is 6.30. The van der Waals surface area contributed by atoms with Crippen molar-refractivity contribution in [1.29, 1.82) is 0 Å². The van der Waals surface area contributed by atoms with Gasteiger partial charge in [0.15, 0.2) is 0 Å². The van der Waals surface area contributed by atoms with Crippen LogP contribution in [0.4, 0.5) is 4.79 Å². The molecule has 164 valence electrons. The van der Waals surface area contributed by atoms with Gasteiger partial charge in [0.1, 0.15) is 18.3 Å². The summed E-state index contributed by atoms with van der Waals surface area (Å²) < 4.78 is 21.6. The van der Waals surface area contributed by atoms with Crippen LogP contribution in [-0.4, -0.2) is 78.8 Å². The first-order chi connectivity index (χ1) is 14.5. The number of pyridine rings is 1. The molecule has 0 spiro atoms. The lowest BCUT2D eigenvalue weighted by Crippen LogP contribution is -2.49. The number of nitrogens with zero attached hydrogens (tertiary/aromatic N) is 2. The number of aliphatic hydroxyl groups is 1. The largest absolute Gasteiger partial charge is 0.465 e. The van der Waals surface area contributed by atoms with Gasteiger partial charge in [0.05, 0.1) is 56.5 Å². The molecule has 1 N–H and O–H groups in total. The minimum atomic E-state index is -0.705. The topological polar surface area (TPSA) is 107 Å². The molecule has 3 aliphatic rings. The van der Waals surface area contributed by atoms with E-state index in [2.05, 4.69) is 0 Å². The summed E-state index contributed by atoms with van der Waals surface area (Å²) in [5.74, 6) is -0.422. The summed E-state index contributed by atoms with van der Waals surface area (Å²) in [6.45, 7) is 2.20. The molecule has 2 fully saturated rings. The highest BCUT2D eigenvalue weighted by molar-refractivity contribution is 5.90. The Kier molecular flexibility index (Phi) is 5.95. The molecule has 9 nitrogen and oxygen atoms in total. The fourth-order valence-electron chi connectivity index (χ4n) is 4.83. The number of aryl methyl sites for hydroxylation is 2. The monoisotopic (exact) mass is 420 g/mol. The van der Waals surface area contributed by atoms with E-state index in [0.717, 1.165) is 30.5 Å². The Morgan fingerprint density at radius 1 is 1.17 bits per heavy atom. The Bertz CT molecular complexity index is 830. The maximum Gasteiger partial charge on any atom is 0.410 e. The summed E-state index contributed by atoms with van der Waals surface area (Å²) in [6, 6.07) is 1.10. The quantitative estimate of drug-likeness (QED) is 0.580. The third kappa shape index (κ3) is 3.55. The maximum absolute atomic E-state index is 12.9. The predicted molar refractivity (Wildman–Crippen MR) is 104 cm³/mol. The fraction of sp³-hybridized carbons (Fsp3) is 0.667. The van der Waals surface area contributed by atoms with Gasteiger partial charge in [0.25, 0.3) is 0 Å². The van der Waals surface area contributed by atoms with Crippen LogP contribution in [0.2, 0.25) is 0 Å². The van der Waals surface area contributed by atoms with Crippen molar-refractivity contribution in [3.63, 3.8) is 0 Å². The van der Waals surface area contributed by atoms with Crippen molar-refractivity contribution in [1.82, 2.24) is 9.88 Å². The summed E-state index contributed by atoms with van der Waals surface area (Å²) >= 11 is 0. The normalized spacial score (nSPS) is 30.2. The van der Waals surface area contributed by atoms with E-state index >= 15 is 0 Å². The van der Waals surface area contributed by atoms with Gasteiger partial charge in [0, 0.05) is 0 Å². The summed E-state index contributed by atoms with van der Waals surface area (Å²) in [4.78, 5) is 31.5. The number of methoxy groups -OCH3 is 2. The molecule has 0 saturated carbocycles. The first-order valence-corrected chi connectivity index (χ1v) is 10.3. The number of esters is 1. The lowest BCUT2D eigenvalue weighted by atomic mass is 9.98. The molecule has 1 amide bonds. The van der Waals surface area contributed by atoms with Crippen molar-refractivity contribution in [2.24, 2.45) is 0 Å². The van der Waals surface area contributed by atoms with Crippen LogP contribution < -0.4 is 0 Å². The minimum absolute atomic E-state index is 0.182. The highest BCUT2D eigenvalue weighted by Crippen LogP contribution is 2.39. The highest BCUT2D eigenvalue weighted by Gasteiger charge is 2.52. The molecular formula is C21H28N2O7. The van der Waals surface area contributed by atoms with Crippen molar-refractivity contribution in [2.45, 2.75) is 63.0 Å². The van der Waals surface area contributed by atoms with Crippen LogP contribution in [0.3, 0.4) is 0 Å². The van der Waals surface area contributed by atoms with Crippen LogP contribution in [-0.2, 0) is 25.4 Å². The number of carbonyl (C=O) groups is 2. The summed E-state index contributed by atoms with van der Waals surface area (Å²) in [6.07, 6.45) is 1.24. The van der Waals surface area contributed by atoms with Crippen LogP contribution in [0.15, 0.2) is 6.07 Å². The first kappa shape index (κ1) is 21.0. The first-order valence-electron chi connectivity index (χ1n) is 10.3. The minimum Gasteiger partial charge on any atom is -0.465 e. The standard InChI is InChI=1S/C21H28N2O7/c1-11-13(20(25)27-2)8-12-6-4-5-7-14(17(12)22-11)23(21(26)28-3)15-9-29-19-16(24)10-30-18(15)19/h8,14-16,18-19,24H,4-7,9-10H2,1-3H3/t14?,15-,16+,18+,19+/m0/s1. The zero-order valence-corrected chi connectivity index (χ0v) is 17.5. The Hall–Kier alpha value is -2.23. The molecule has 1 aromatic rings. The average molecular weight is 420 g/mol. The Labute approximate surface area is 175 Å². The second kappa shape index (κ2) is 8.49. The molecule has 30 heavy (non-hydrogen) atoms. The van der Waals surface area contributed by atoms with Gasteiger partial charge in [-0.15, -0.1) is 0 Å². The summed E-state index contributed by atoms with van der Waals surface area (Å²) in [5.41, 5.74) is 2.70. The maximum atomic E-state index is 12.9. The lowest BCUT2D eigenvalue weighted by molar-refractivity contribution is 0.00369. The second-order valence-corrected chi connectivity index (χ2v) is 8.03. The van der Waals surface area contributed by atoms with Crippen molar-refractivity contribution >= 4 is 12.1 Å². The van der Waals surface area contributed by atoms with Gasteiger partial charge in [-0.25, -0.2) is 9.59 Å². The number of ether oxygens (including phenoxy) is 4. The fourth-order valence-corrected chi connectivity index (χ4v) is 4.83. The Morgan fingerprint density at radius 3 is 2.67 bits per heavy atom. The Morgan fingerprint density at radius 2 is 1.93 bits per heavy atom. The van der Waals surface area contributed by atoms with Crippen molar-refractivity contribution < 1.29 is 33.6 Å². The molecule has 0 aromatic carbocycles. The molecule has 4 rings (SSSR count). The molecule has 1 aromatic heterocycles. The van der Waals surface area contributed by atoms with E-state index in [0.29, 0.717) is 17.7 Å². The number of hydrogen-bond acceptors (Lipinski definition) is 8. The zero-order valence-electron chi connectivity index (χ0n) is 17.5. The van der Waals surface area contributed by atoms with E-state index in [-0.39, 0.29) is 19.3 Å². The molecule has 1 unspecified atom stereocenters. The van der Waals surface area contributed by atoms with E-state index in [1.807, 2.05) is 6.07 Å². The van der Waals surface area contributed by atoms with Gasteiger partial charge < -0.3 is 24.1 Å². The second-order valence-electron chi connectivity index (χ2n) is 8.03. The number of aromatic nitrogens is 1. The molecule has 1 aliphatic carbocycles. The average Bonchev–Trinajstić information content (AvgIpc) is 3.26.